The number of allylic oxidation sites excluding steroid dienone is 2. The van der Waals surface area contributed by atoms with Gasteiger partial charge in [-0.15, -0.1) is 0 Å². The summed E-state index contributed by atoms with van der Waals surface area (Å²) in [6.07, 6.45) is -0.531. The predicted octanol–water partition coefficient (Wildman–Crippen LogP) is 1.84. The smallest absolute Gasteiger partial charge is 0.396 e. The van der Waals surface area contributed by atoms with E-state index in [9.17, 15) is 31.5 Å². The van der Waals surface area contributed by atoms with Crippen LogP contribution >= 0.6 is 0 Å². The van der Waals surface area contributed by atoms with Crippen molar-refractivity contribution in [1.29, 1.82) is 0 Å². The Kier molecular flexibility index (Phi) is 6.10. The summed E-state index contributed by atoms with van der Waals surface area (Å²) < 4.78 is 63.7. The Morgan fingerprint density at radius 1 is 1.33 bits per heavy atom. The van der Waals surface area contributed by atoms with E-state index < -0.39 is 33.2 Å². The molecule has 2 N–H and O–H groups in total. The van der Waals surface area contributed by atoms with Crippen molar-refractivity contribution in [3.8, 4) is 0 Å². The van der Waals surface area contributed by atoms with Crippen LogP contribution in [0.1, 0.15) is 42.2 Å². The summed E-state index contributed by atoms with van der Waals surface area (Å²) in [5, 5.41) is 12.2. The van der Waals surface area contributed by atoms with Crippen LogP contribution in [0.2, 0.25) is 0 Å². The summed E-state index contributed by atoms with van der Waals surface area (Å²) in [5.74, 6) is -1.80. The first kappa shape index (κ1) is 22.5. The van der Waals surface area contributed by atoms with E-state index in [2.05, 4.69) is 15.3 Å². The molecule has 0 aromatic carbocycles. The van der Waals surface area contributed by atoms with Gasteiger partial charge in [-0.2, -0.15) is 13.2 Å². The van der Waals surface area contributed by atoms with Gasteiger partial charge in [-0.05, 0) is 24.7 Å². The van der Waals surface area contributed by atoms with E-state index in [0.717, 1.165) is 11.1 Å². The molecule has 2 heterocycles. The van der Waals surface area contributed by atoms with Crippen molar-refractivity contribution in [1.82, 2.24) is 14.9 Å². The Bertz CT molecular complexity index is 951. The fourth-order valence-electron chi connectivity index (χ4n) is 3.31. The number of carbonyl (C=O) groups excluding carboxylic acids is 1. The topological polar surface area (TPSA) is 112 Å². The number of hydrogen-bond donors (Lipinski definition) is 2. The van der Waals surface area contributed by atoms with Gasteiger partial charge in [0.05, 0.1) is 17.1 Å². The minimum absolute atomic E-state index is 0.0140. The highest BCUT2D eigenvalue weighted by molar-refractivity contribution is 7.91. The van der Waals surface area contributed by atoms with Gasteiger partial charge in [-0.25, -0.2) is 18.4 Å². The summed E-state index contributed by atoms with van der Waals surface area (Å²) in [6.45, 7) is 1.59. The molecule has 0 bridgehead atoms. The lowest BCUT2D eigenvalue weighted by atomic mass is 9.79. The van der Waals surface area contributed by atoms with Crippen molar-refractivity contribution in [2.45, 2.75) is 32.4 Å². The minimum atomic E-state index is -4.89. The number of aliphatic hydroxyl groups excluding tert-OH is 1. The molecule has 2 aliphatic rings. The van der Waals surface area contributed by atoms with Crippen LogP contribution in [0.4, 0.5) is 19.1 Å². The number of sulfone groups is 1. The molecule has 1 atom stereocenters. The first-order valence-electron chi connectivity index (χ1n) is 9.43. The zero-order chi connectivity index (χ0) is 22.2. The number of hydrogen-bond acceptors (Lipinski definition) is 7. The van der Waals surface area contributed by atoms with Crippen molar-refractivity contribution in [2.24, 2.45) is 5.41 Å². The highest BCUT2D eigenvalue weighted by Crippen LogP contribution is 2.35. The lowest BCUT2D eigenvalue weighted by molar-refractivity contribution is -0.141. The van der Waals surface area contributed by atoms with Crippen molar-refractivity contribution >= 4 is 21.7 Å². The highest BCUT2D eigenvalue weighted by atomic mass is 32.2. The van der Waals surface area contributed by atoms with E-state index in [0.29, 0.717) is 25.0 Å². The number of aliphatic hydroxyl groups is 1. The Morgan fingerprint density at radius 3 is 2.53 bits per heavy atom. The van der Waals surface area contributed by atoms with E-state index >= 15 is 0 Å². The van der Waals surface area contributed by atoms with E-state index in [1.807, 2.05) is 6.92 Å². The Balaban J connectivity index is 1.82. The fraction of sp³-hybridized carbons (Fsp3) is 0.611. The maximum absolute atomic E-state index is 13.6. The number of aromatic nitrogens is 2. The highest BCUT2D eigenvalue weighted by Gasteiger charge is 2.40. The van der Waals surface area contributed by atoms with Crippen LogP contribution in [0.15, 0.2) is 18.0 Å². The van der Waals surface area contributed by atoms with Crippen molar-refractivity contribution in [3.63, 3.8) is 0 Å². The number of anilines is 1. The van der Waals surface area contributed by atoms with Gasteiger partial charge in [0, 0.05) is 31.6 Å². The lowest BCUT2D eigenvalue weighted by Gasteiger charge is -2.31. The second-order valence-corrected chi connectivity index (χ2v) is 10.2. The summed E-state index contributed by atoms with van der Waals surface area (Å²) in [4.78, 5) is 21.1. The minimum Gasteiger partial charge on any atom is -0.396 e. The third-order valence-corrected chi connectivity index (χ3v) is 7.02. The van der Waals surface area contributed by atoms with Gasteiger partial charge in [0.1, 0.15) is 0 Å². The number of alkyl halides is 3. The van der Waals surface area contributed by atoms with Gasteiger partial charge >= 0.3 is 6.18 Å². The quantitative estimate of drug-likeness (QED) is 0.723. The first-order valence-corrected chi connectivity index (χ1v) is 11.3. The summed E-state index contributed by atoms with van der Waals surface area (Å²) in [7, 11) is -3.28. The lowest BCUT2D eigenvalue weighted by Crippen LogP contribution is -2.44. The maximum Gasteiger partial charge on any atom is 0.434 e. The molecule has 1 amide bonds. The first-order chi connectivity index (χ1) is 13.9. The van der Waals surface area contributed by atoms with Crippen LogP contribution in [-0.4, -0.2) is 65.5 Å². The Morgan fingerprint density at radius 2 is 2.00 bits per heavy atom. The number of nitrogens with one attached hydrogen (secondary N) is 1. The normalized spacial score (nSPS) is 24.3. The second-order valence-electron chi connectivity index (χ2n) is 7.92. The molecule has 1 aromatic heterocycles. The SMILES string of the molecule is CC1(CO)CC=C(Nc2ncc(C(=O)N3CCS(=O)(=O)CC3)c(C(F)(F)F)n2)CC1. The molecule has 0 saturated carbocycles. The van der Waals surface area contributed by atoms with E-state index in [-0.39, 0.29) is 42.6 Å². The van der Waals surface area contributed by atoms with Crippen molar-refractivity contribution < 1.29 is 31.5 Å². The molecule has 1 fully saturated rings. The van der Waals surface area contributed by atoms with Crippen molar-refractivity contribution in [3.05, 3.63) is 29.2 Å². The zero-order valence-corrected chi connectivity index (χ0v) is 17.2. The number of nitrogens with zero attached hydrogens (tertiary/aromatic N) is 3. The fourth-order valence-corrected chi connectivity index (χ4v) is 4.51. The summed E-state index contributed by atoms with van der Waals surface area (Å²) in [6, 6.07) is 0. The maximum atomic E-state index is 13.6. The van der Waals surface area contributed by atoms with Gasteiger partial charge in [0.15, 0.2) is 15.5 Å². The van der Waals surface area contributed by atoms with Crippen LogP contribution in [-0.2, 0) is 16.0 Å². The van der Waals surface area contributed by atoms with Gasteiger partial charge in [0.25, 0.3) is 5.91 Å². The molecular weight excluding hydrogens is 425 g/mol. The van der Waals surface area contributed by atoms with E-state index in [1.54, 1.807) is 6.08 Å². The molecule has 1 unspecified atom stereocenters. The molecule has 1 aromatic rings. The average Bonchev–Trinajstić information content (AvgIpc) is 2.69. The third kappa shape index (κ3) is 5.09. The summed E-state index contributed by atoms with van der Waals surface area (Å²) >= 11 is 0. The molecule has 0 radical (unpaired) electrons. The molecule has 12 heteroatoms. The van der Waals surface area contributed by atoms with Crippen LogP contribution in [0.3, 0.4) is 0 Å². The molecular formula is C18H23F3N4O4S. The van der Waals surface area contributed by atoms with E-state index in [4.69, 9.17) is 0 Å². The molecule has 1 saturated heterocycles. The van der Waals surface area contributed by atoms with Crippen LogP contribution < -0.4 is 5.32 Å². The molecule has 30 heavy (non-hydrogen) atoms. The predicted molar refractivity (Wildman–Crippen MR) is 102 cm³/mol. The van der Waals surface area contributed by atoms with Crippen LogP contribution in [0, 0.1) is 5.41 Å². The van der Waals surface area contributed by atoms with Gasteiger partial charge in [-0.3, -0.25) is 4.79 Å². The Hall–Kier alpha value is -2.21. The van der Waals surface area contributed by atoms with Crippen LogP contribution in [0.5, 0.6) is 0 Å². The van der Waals surface area contributed by atoms with Gasteiger partial charge in [0.2, 0.25) is 5.95 Å². The largest absolute Gasteiger partial charge is 0.434 e. The number of rotatable bonds is 4. The van der Waals surface area contributed by atoms with Crippen LogP contribution in [0.25, 0.3) is 0 Å². The van der Waals surface area contributed by atoms with E-state index in [1.165, 1.54) is 0 Å². The third-order valence-electron chi connectivity index (χ3n) is 5.41. The Labute approximate surface area is 172 Å². The number of carbonyl (C=O) groups is 1. The molecule has 166 valence electrons. The molecule has 0 spiro atoms. The standard InChI is InChI=1S/C18H23F3N4O4S/c1-17(11-26)4-2-12(3-5-17)23-16-22-10-13(14(24-16)18(19,20)21)15(27)25-6-8-30(28,29)9-7-25/h2,10,26H,3-9,11H2,1H3,(H,22,23,24). The number of amides is 1. The monoisotopic (exact) mass is 448 g/mol. The van der Waals surface area contributed by atoms with Gasteiger partial charge < -0.3 is 15.3 Å². The average molecular weight is 448 g/mol. The second kappa shape index (κ2) is 8.14. The molecule has 8 nitrogen and oxygen atoms in total. The van der Waals surface area contributed by atoms with Crippen molar-refractivity contribution in [2.75, 3.05) is 36.5 Å². The zero-order valence-electron chi connectivity index (χ0n) is 16.4. The molecule has 1 aliphatic heterocycles. The van der Waals surface area contributed by atoms with Gasteiger partial charge in [-0.1, -0.05) is 13.0 Å². The molecule has 1 aliphatic carbocycles. The molecule has 3 rings (SSSR count). The number of halogens is 3. The summed E-state index contributed by atoms with van der Waals surface area (Å²) in [5.41, 5.74) is -1.69.